The average molecular weight is 437 g/mol. The van der Waals surface area contributed by atoms with Gasteiger partial charge in [0.15, 0.2) is 5.84 Å². The van der Waals surface area contributed by atoms with Crippen molar-refractivity contribution < 1.29 is 19.4 Å². The van der Waals surface area contributed by atoms with E-state index in [1.54, 1.807) is 27.7 Å². The molecular weight excluding hydrogens is 408 g/mol. The van der Waals surface area contributed by atoms with Crippen molar-refractivity contribution in [1.29, 1.82) is 0 Å². The number of hydrogen-bond acceptors (Lipinski definition) is 6. The lowest BCUT2D eigenvalue weighted by molar-refractivity contribution is -0.140. The summed E-state index contributed by atoms with van der Waals surface area (Å²) in [5, 5.41) is 15.7. The maximum Gasteiger partial charge on any atom is 0.413 e. The largest absolute Gasteiger partial charge is 0.481 e. The van der Waals surface area contributed by atoms with Crippen LogP contribution in [0.2, 0.25) is 0 Å². The molecule has 2 aromatic carbocycles. The molecule has 1 aliphatic carbocycles. The fourth-order valence-electron chi connectivity index (χ4n) is 3.25. The maximum absolute atomic E-state index is 12.1. The zero-order valence-electron chi connectivity index (χ0n) is 18.7. The second-order valence-corrected chi connectivity index (χ2v) is 8.81. The van der Waals surface area contributed by atoms with Crippen LogP contribution in [-0.4, -0.2) is 34.3 Å². The first-order valence-electron chi connectivity index (χ1n) is 10.3. The van der Waals surface area contributed by atoms with Gasteiger partial charge >= 0.3 is 12.1 Å². The number of carboxylic acid groups (broad SMARTS) is 1. The number of ether oxygens (including phenoxy) is 1. The quantitative estimate of drug-likeness (QED) is 0.278. The molecule has 4 N–H and O–H groups in total. The van der Waals surface area contributed by atoms with Gasteiger partial charge in [-0.2, -0.15) is 5.10 Å². The zero-order chi connectivity index (χ0) is 23.5. The third-order valence-corrected chi connectivity index (χ3v) is 5.19. The third-order valence-electron chi connectivity index (χ3n) is 5.19. The van der Waals surface area contributed by atoms with Gasteiger partial charge in [-0.05, 0) is 69.4 Å². The highest BCUT2D eigenvalue weighted by Gasteiger charge is 2.51. The number of hydrazone groups is 1. The molecule has 8 heteroatoms. The smallest absolute Gasteiger partial charge is 0.413 e. The molecule has 0 aliphatic heterocycles. The topological polar surface area (TPSA) is 126 Å². The molecular formula is C24H28N4O4. The van der Waals surface area contributed by atoms with Crippen LogP contribution in [0, 0.1) is 0 Å². The summed E-state index contributed by atoms with van der Waals surface area (Å²) in [4.78, 5) is 28.1. The number of amides is 1. The Morgan fingerprint density at radius 1 is 1.03 bits per heavy atom. The molecule has 0 bridgehead atoms. The van der Waals surface area contributed by atoms with Gasteiger partial charge in [0.25, 0.3) is 0 Å². The number of amidine groups is 1. The van der Waals surface area contributed by atoms with Crippen LogP contribution in [0.1, 0.15) is 46.1 Å². The minimum Gasteiger partial charge on any atom is -0.481 e. The first kappa shape index (κ1) is 23.0. The van der Waals surface area contributed by atoms with Crippen molar-refractivity contribution in [3.8, 4) is 11.1 Å². The molecule has 0 saturated heterocycles. The van der Waals surface area contributed by atoms with E-state index in [2.05, 4.69) is 15.4 Å². The van der Waals surface area contributed by atoms with Crippen molar-refractivity contribution in [2.75, 3.05) is 0 Å². The molecule has 1 saturated carbocycles. The lowest BCUT2D eigenvalue weighted by Crippen LogP contribution is -2.39. The van der Waals surface area contributed by atoms with Gasteiger partial charge < -0.3 is 15.7 Å². The molecule has 1 fully saturated rings. The number of hydrogen-bond donors (Lipinski definition) is 3. The summed E-state index contributed by atoms with van der Waals surface area (Å²) in [5.41, 5.74) is 2.36. The first-order valence-corrected chi connectivity index (χ1v) is 10.3. The lowest BCUT2D eigenvalue weighted by atomic mass is 9.94. The molecule has 0 heterocycles. The Bertz CT molecular complexity index is 1060. The molecule has 168 valence electrons. The van der Waals surface area contributed by atoms with E-state index >= 15 is 0 Å². The van der Waals surface area contributed by atoms with Gasteiger partial charge in [-0.25, -0.2) is 9.79 Å². The number of carboxylic acids is 1. The summed E-state index contributed by atoms with van der Waals surface area (Å²) in [5.74, 6) is 4.81. The second kappa shape index (κ2) is 8.82. The zero-order valence-corrected chi connectivity index (χ0v) is 18.7. The van der Waals surface area contributed by atoms with E-state index in [1.807, 2.05) is 48.5 Å². The number of nitrogens with one attached hydrogen (secondary N) is 1. The number of carbonyl (C=O) groups is 2. The van der Waals surface area contributed by atoms with Crippen LogP contribution in [0.25, 0.3) is 11.1 Å². The minimum atomic E-state index is -0.764. The summed E-state index contributed by atoms with van der Waals surface area (Å²) < 4.78 is 5.27. The van der Waals surface area contributed by atoms with Crippen LogP contribution in [0.5, 0.6) is 0 Å². The molecule has 0 radical (unpaired) electrons. The van der Waals surface area contributed by atoms with Crippen molar-refractivity contribution in [2.45, 2.75) is 51.6 Å². The number of nitrogens with two attached hydrogens (primary N) is 1. The predicted octanol–water partition coefficient (Wildman–Crippen LogP) is 4.36. The highest BCUT2D eigenvalue weighted by Crippen LogP contribution is 2.48. The van der Waals surface area contributed by atoms with E-state index in [0.29, 0.717) is 24.2 Å². The Morgan fingerprint density at radius 2 is 1.56 bits per heavy atom. The molecule has 8 nitrogen and oxygen atoms in total. The standard InChI is InChI=1S/C24H28N4O4/c1-15(28-25)20(27-22(31)32-23(2,3)4)26-19-11-7-17(8-12-19)16-5-9-18(10-6-16)24(13-14-24)21(29)30/h5-12H,13-14,25H2,1-4H3,(H,29,30)(H,26,27,31)/b28-15-. The Balaban J connectivity index is 1.78. The Morgan fingerprint density at radius 3 is 2.00 bits per heavy atom. The molecule has 1 aliphatic rings. The number of nitrogens with zero attached hydrogens (tertiary/aromatic N) is 2. The van der Waals surface area contributed by atoms with Gasteiger partial charge in [0.05, 0.1) is 16.8 Å². The summed E-state index contributed by atoms with van der Waals surface area (Å²) in [6, 6.07) is 15.0. The van der Waals surface area contributed by atoms with Crippen molar-refractivity contribution in [3.05, 3.63) is 54.1 Å². The van der Waals surface area contributed by atoms with Crippen LogP contribution in [0.3, 0.4) is 0 Å². The van der Waals surface area contributed by atoms with Gasteiger partial charge in [0.2, 0.25) is 0 Å². The Kier molecular flexibility index (Phi) is 6.34. The molecule has 2 aromatic rings. The fraction of sp³-hybridized carbons (Fsp3) is 0.333. The summed E-state index contributed by atoms with van der Waals surface area (Å²) in [7, 11) is 0. The van der Waals surface area contributed by atoms with Gasteiger partial charge in [0, 0.05) is 0 Å². The lowest BCUT2D eigenvalue weighted by Gasteiger charge is -2.20. The minimum absolute atomic E-state index is 0.197. The number of alkyl carbamates (subject to hydrolysis) is 1. The van der Waals surface area contributed by atoms with Crippen LogP contribution >= 0.6 is 0 Å². The monoisotopic (exact) mass is 436 g/mol. The fourth-order valence-corrected chi connectivity index (χ4v) is 3.25. The van der Waals surface area contributed by atoms with Gasteiger partial charge in [-0.1, -0.05) is 36.4 Å². The van der Waals surface area contributed by atoms with Crippen molar-refractivity contribution in [2.24, 2.45) is 15.9 Å². The number of rotatable bonds is 5. The van der Waals surface area contributed by atoms with Crippen molar-refractivity contribution >= 4 is 29.3 Å². The first-order chi connectivity index (χ1) is 15.0. The van der Waals surface area contributed by atoms with E-state index < -0.39 is 23.1 Å². The SMILES string of the molecule is C/C(=N/N)C(=Nc1ccc(-c2ccc(C3(C(=O)O)CC3)cc2)cc1)NC(=O)OC(C)(C)C. The summed E-state index contributed by atoms with van der Waals surface area (Å²) >= 11 is 0. The highest BCUT2D eigenvalue weighted by atomic mass is 16.6. The number of aliphatic carboxylic acids is 1. The van der Waals surface area contributed by atoms with Crippen molar-refractivity contribution in [1.82, 2.24) is 5.32 Å². The highest BCUT2D eigenvalue weighted by molar-refractivity contribution is 6.43. The maximum atomic E-state index is 12.1. The molecule has 0 spiro atoms. The van der Waals surface area contributed by atoms with E-state index in [1.165, 1.54) is 0 Å². The Hall–Kier alpha value is -3.68. The third kappa shape index (κ3) is 5.32. The van der Waals surface area contributed by atoms with Crippen LogP contribution < -0.4 is 11.2 Å². The average Bonchev–Trinajstić information content (AvgIpc) is 3.54. The number of benzene rings is 2. The summed E-state index contributed by atoms with van der Waals surface area (Å²) in [6.07, 6.45) is 0.713. The van der Waals surface area contributed by atoms with Gasteiger partial charge in [-0.15, -0.1) is 0 Å². The molecule has 1 amide bonds. The second-order valence-electron chi connectivity index (χ2n) is 8.81. The molecule has 32 heavy (non-hydrogen) atoms. The van der Waals surface area contributed by atoms with E-state index in [0.717, 1.165) is 16.7 Å². The number of carbonyl (C=O) groups excluding carboxylic acids is 1. The van der Waals surface area contributed by atoms with Crippen LogP contribution in [0.15, 0.2) is 58.6 Å². The normalized spacial score (nSPS) is 15.8. The molecule has 3 rings (SSSR count). The summed E-state index contributed by atoms with van der Waals surface area (Å²) in [6.45, 7) is 6.94. The predicted molar refractivity (Wildman–Crippen MR) is 124 cm³/mol. The van der Waals surface area contributed by atoms with Gasteiger partial charge in [-0.3, -0.25) is 10.1 Å². The van der Waals surface area contributed by atoms with Gasteiger partial charge in [0.1, 0.15) is 5.60 Å². The van der Waals surface area contributed by atoms with E-state index in [-0.39, 0.29) is 5.84 Å². The molecule has 0 unspecified atom stereocenters. The van der Waals surface area contributed by atoms with E-state index in [9.17, 15) is 14.7 Å². The van der Waals surface area contributed by atoms with Crippen molar-refractivity contribution in [3.63, 3.8) is 0 Å². The molecule has 0 aromatic heterocycles. The van der Waals surface area contributed by atoms with Crippen LogP contribution in [0.4, 0.5) is 10.5 Å². The van der Waals surface area contributed by atoms with Crippen LogP contribution in [-0.2, 0) is 14.9 Å². The Labute approximate surface area is 187 Å². The van der Waals surface area contributed by atoms with E-state index in [4.69, 9.17) is 10.6 Å². The number of aliphatic imine (C=N–C) groups is 1. The molecule has 0 atom stereocenters.